The topological polar surface area (TPSA) is 145 Å². The SMILES string of the molecule is NCCCNc1ccc2c3c1c(=O)c1c(O)ccc(O)c1n3NC2CNCCO. The number of phenolic OH excluding ortho intramolecular Hbond substituents is 2. The third kappa shape index (κ3) is 3.13. The number of aliphatic hydroxyl groups is 1. The van der Waals surface area contributed by atoms with Crippen LogP contribution in [0.1, 0.15) is 18.0 Å². The molecule has 1 unspecified atom stereocenters. The standard InChI is InChI=1S/C20H25N5O4/c21-6-1-7-23-12-3-2-11-13(10-22-8-9-26)24-25-18(11)16(12)20(29)17-14(27)4-5-15(28)19(17)25/h2-5,13,22-24,26-28H,1,6-10,21H2. The molecule has 4 rings (SSSR count). The lowest BCUT2D eigenvalue weighted by Crippen LogP contribution is -2.28. The van der Waals surface area contributed by atoms with Gasteiger partial charge in [-0.3, -0.25) is 9.47 Å². The van der Waals surface area contributed by atoms with Crippen LogP contribution in [0, 0.1) is 0 Å². The Kier molecular flexibility index (Phi) is 5.18. The highest BCUT2D eigenvalue weighted by atomic mass is 16.3. The van der Waals surface area contributed by atoms with Crippen LogP contribution >= 0.6 is 0 Å². The maximum absolute atomic E-state index is 13.4. The van der Waals surface area contributed by atoms with Gasteiger partial charge in [0.05, 0.1) is 28.9 Å². The van der Waals surface area contributed by atoms with E-state index in [9.17, 15) is 15.0 Å². The Morgan fingerprint density at radius 1 is 1.07 bits per heavy atom. The van der Waals surface area contributed by atoms with Crippen LogP contribution in [0.15, 0.2) is 29.1 Å². The van der Waals surface area contributed by atoms with Gasteiger partial charge in [-0.1, -0.05) is 6.07 Å². The maximum atomic E-state index is 13.4. The second-order valence-corrected chi connectivity index (χ2v) is 7.10. The van der Waals surface area contributed by atoms with E-state index >= 15 is 0 Å². The van der Waals surface area contributed by atoms with Gasteiger partial charge in [0.15, 0.2) is 0 Å². The Morgan fingerprint density at radius 2 is 1.86 bits per heavy atom. The quantitative estimate of drug-likeness (QED) is 0.165. The van der Waals surface area contributed by atoms with Gasteiger partial charge in [-0.2, -0.15) is 0 Å². The van der Waals surface area contributed by atoms with Crippen molar-refractivity contribution in [3.63, 3.8) is 0 Å². The van der Waals surface area contributed by atoms with Crippen molar-refractivity contribution in [3.8, 4) is 11.5 Å². The lowest BCUT2D eigenvalue weighted by Gasteiger charge is -2.16. The number of phenols is 2. The Balaban J connectivity index is 1.97. The lowest BCUT2D eigenvalue weighted by atomic mass is 10.0. The largest absolute Gasteiger partial charge is 0.507 e. The monoisotopic (exact) mass is 399 g/mol. The second kappa shape index (κ2) is 7.78. The number of hydrogen-bond donors (Lipinski definition) is 7. The zero-order chi connectivity index (χ0) is 20.5. The summed E-state index contributed by atoms with van der Waals surface area (Å²) in [5.41, 5.74) is 11.0. The van der Waals surface area contributed by atoms with Crippen LogP contribution in [0.2, 0.25) is 0 Å². The number of aromatic nitrogens is 1. The van der Waals surface area contributed by atoms with E-state index < -0.39 is 0 Å². The van der Waals surface area contributed by atoms with Gasteiger partial charge in [0.1, 0.15) is 17.0 Å². The van der Waals surface area contributed by atoms with Crippen molar-refractivity contribution in [3.05, 3.63) is 40.1 Å². The van der Waals surface area contributed by atoms with E-state index in [1.54, 1.807) is 4.68 Å². The summed E-state index contributed by atoms with van der Waals surface area (Å²) in [6.45, 7) is 2.14. The van der Waals surface area contributed by atoms with Crippen LogP contribution in [0.25, 0.3) is 21.8 Å². The molecule has 1 aliphatic rings. The lowest BCUT2D eigenvalue weighted by molar-refractivity contribution is 0.291. The number of nitrogens with two attached hydrogens (primary N) is 1. The summed E-state index contributed by atoms with van der Waals surface area (Å²) in [5.74, 6) is -0.281. The summed E-state index contributed by atoms with van der Waals surface area (Å²) in [6, 6.07) is 6.32. The van der Waals surface area contributed by atoms with E-state index in [2.05, 4.69) is 16.1 Å². The molecule has 0 saturated carbocycles. The number of pyridine rings is 1. The summed E-state index contributed by atoms with van der Waals surface area (Å²) >= 11 is 0. The molecule has 8 N–H and O–H groups in total. The Bertz CT molecular complexity index is 1130. The molecule has 0 bridgehead atoms. The molecule has 0 spiro atoms. The van der Waals surface area contributed by atoms with Crippen molar-refractivity contribution < 1.29 is 15.3 Å². The molecule has 2 aromatic carbocycles. The minimum absolute atomic E-state index is 0.0223. The molecule has 2 heterocycles. The fraction of sp³-hybridized carbons (Fsp3) is 0.350. The van der Waals surface area contributed by atoms with E-state index in [0.29, 0.717) is 42.8 Å². The summed E-state index contributed by atoms with van der Waals surface area (Å²) in [4.78, 5) is 13.4. The minimum Gasteiger partial charge on any atom is -0.507 e. The first-order valence-electron chi connectivity index (χ1n) is 9.66. The highest BCUT2D eigenvalue weighted by Crippen LogP contribution is 2.39. The molecule has 1 atom stereocenters. The third-order valence-corrected chi connectivity index (χ3v) is 5.24. The Labute approximate surface area is 166 Å². The number of anilines is 1. The van der Waals surface area contributed by atoms with Gasteiger partial charge in [-0.25, -0.2) is 0 Å². The van der Waals surface area contributed by atoms with Crippen molar-refractivity contribution in [2.24, 2.45) is 5.73 Å². The van der Waals surface area contributed by atoms with Gasteiger partial charge in [-0.05, 0) is 31.2 Å². The molecule has 0 amide bonds. The molecule has 0 fully saturated rings. The first-order valence-corrected chi connectivity index (χ1v) is 9.66. The van der Waals surface area contributed by atoms with E-state index in [4.69, 9.17) is 10.8 Å². The molecule has 1 aliphatic heterocycles. The number of fused-ring (bicyclic) bond motifs is 2. The molecule has 154 valence electrons. The number of aromatic hydroxyl groups is 2. The number of aliphatic hydroxyl groups excluding tert-OH is 1. The van der Waals surface area contributed by atoms with Gasteiger partial charge >= 0.3 is 0 Å². The molecular formula is C20H25N5O4. The zero-order valence-electron chi connectivity index (χ0n) is 15.9. The number of nitrogens with zero attached hydrogens (tertiary/aromatic N) is 1. The number of rotatable bonds is 8. The first kappa shape index (κ1) is 19.3. The third-order valence-electron chi connectivity index (χ3n) is 5.24. The summed E-state index contributed by atoms with van der Waals surface area (Å²) in [7, 11) is 0. The normalized spacial score (nSPS) is 15.2. The molecule has 3 aromatic rings. The number of nitrogens with one attached hydrogen (secondary N) is 3. The predicted molar refractivity (Wildman–Crippen MR) is 113 cm³/mol. The average Bonchev–Trinajstić information content (AvgIpc) is 3.07. The van der Waals surface area contributed by atoms with Crippen LogP contribution in [0.5, 0.6) is 11.5 Å². The van der Waals surface area contributed by atoms with Gasteiger partial charge < -0.3 is 37.1 Å². The van der Waals surface area contributed by atoms with Crippen molar-refractivity contribution in [1.29, 1.82) is 0 Å². The smallest absolute Gasteiger partial charge is 0.203 e. The van der Waals surface area contributed by atoms with E-state index in [-0.39, 0.29) is 40.5 Å². The van der Waals surface area contributed by atoms with Gasteiger partial charge in [-0.15, -0.1) is 0 Å². The summed E-state index contributed by atoms with van der Waals surface area (Å²) in [5, 5.41) is 36.8. The van der Waals surface area contributed by atoms with Crippen molar-refractivity contribution in [2.45, 2.75) is 12.5 Å². The molecule has 0 aliphatic carbocycles. The van der Waals surface area contributed by atoms with E-state index in [1.807, 2.05) is 12.1 Å². The van der Waals surface area contributed by atoms with E-state index in [1.165, 1.54) is 12.1 Å². The van der Waals surface area contributed by atoms with Crippen LogP contribution in [0.3, 0.4) is 0 Å². The van der Waals surface area contributed by atoms with Crippen LogP contribution in [0.4, 0.5) is 5.69 Å². The fourth-order valence-electron chi connectivity index (χ4n) is 3.92. The molecule has 0 saturated heterocycles. The zero-order valence-corrected chi connectivity index (χ0v) is 15.9. The van der Waals surface area contributed by atoms with Crippen molar-refractivity contribution >= 4 is 27.5 Å². The maximum Gasteiger partial charge on any atom is 0.203 e. The summed E-state index contributed by atoms with van der Waals surface area (Å²) in [6.07, 6.45) is 0.753. The number of hydrogen-bond acceptors (Lipinski definition) is 8. The molecule has 9 nitrogen and oxygen atoms in total. The molecule has 9 heteroatoms. The molecule has 1 aromatic heterocycles. The van der Waals surface area contributed by atoms with Gasteiger partial charge in [0, 0.05) is 30.9 Å². The average molecular weight is 399 g/mol. The molecular weight excluding hydrogens is 374 g/mol. The highest BCUT2D eigenvalue weighted by molar-refractivity contribution is 6.05. The molecule has 0 radical (unpaired) electrons. The highest BCUT2D eigenvalue weighted by Gasteiger charge is 2.29. The van der Waals surface area contributed by atoms with Crippen LogP contribution in [-0.4, -0.2) is 52.8 Å². The minimum atomic E-state index is -0.345. The van der Waals surface area contributed by atoms with Crippen LogP contribution < -0.4 is 27.2 Å². The number of benzene rings is 2. The van der Waals surface area contributed by atoms with Crippen molar-refractivity contribution in [1.82, 2.24) is 9.99 Å². The Morgan fingerprint density at radius 3 is 2.62 bits per heavy atom. The van der Waals surface area contributed by atoms with Gasteiger partial charge in [0.2, 0.25) is 5.43 Å². The van der Waals surface area contributed by atoms with E-state index in [0.717, 1.165) is 12.0 Å². The second-order valence-electron chi connectivity index (χ2n) is 7.10. The van der Waals surface area contributed by atoms with Gasteiger partial charge in [0.25, 0.3) is 0 Å². The summed E-state index contributed by atoms with van der Waals surface area (Å²) < 4.78 is 1.68. The van der Waals surface area contributed by atoms with Crippen LogP contribution in [-0.2, 0) is 0 Å². The molecule has 29 heavy (non-hydrogen) atoms. The first-order chi connectivity index (χ1) is 14.1. The Hall–Kier alpha value is -3.01. The van der Waals surface area contributed by atoms with Crippen molar-refractivity contribution in [2.75, 3.05) is 43.5 Å². The fourth-order valence-corrected chi connectivity index (χ4v) is 3.92. The predicted octanol–water partition coefficient (Wildman–Crippen LogP) is 0.507.